The minimum Gasteiger partial charge on any atom is -0.310 e. The summed E-state index contributed by atoms with van der Waals surface area (Å²) < 4.78 is 2.42. The molecule has 2 nitrogen and oxygen atoms in total. The summed E-state index contributed by atoms with van der Waals surface area (Å²) in [7, 11) is 0. The van der Waals surface area contributed by atoms with Crippen molar-refractivity contribution in [3.05, 3.63) is 204 Å². The van der Waals surface area contributed by atoms with E-state index in [-0.39, 0.29) is 10.8 Å². The normalized spacial score (nSPS) is 14.4. The molecule has 0 fully saturated rings. The van der Waals surface area contributed by atoms with Crippen LogP contribution in [0.25, 0.3) is 60.9 Å². The molecule has 268 valence electrons. The molecular weight excluding hydrogens is 677 g/mol. The molecule has 2 heteroatoms. The second-order valence-electron chi connectivity index (χ2n) is 16.6. The Balaban J connectivity index is 1.10. The van der Waals surface area contributed by atoms with Gasteiger partial charge in [-0.05, 0) is 105 Å². The molecule has 0 spiro atoms. The molecule has 0 saturated carbocycles. The van der Waals surface area contributed by atoms with Gasteiger partial charge < -0.3 is 9.47 Å². The fourth-order valence-corrected chi connectivity index (χ4v) is 10.0. The Hall–Kier alpha value is -6.64. The molecule has 0 bridgehead atoms. The average molecular weight is 719 g/mol. The predicted octanol–water partition coefficient (Wildman–Crippen LogP) is 14.5. The topological polar surface area (TPSA) is 8.17 Å². The number of aromatic nitrogens is 1. The summed E-state index contributed by atoms with van der Waals surface area (Å²) in [4.78, 5) is 2.45. The van der Waals surface area contributed by atoms with Crippen LogP contribution in [0.1, 0.15) is 49.9 Å². The average Bonchev–Trinajstić information content (AvgIpc) is 3.78. The molecular formula is C54H42N2. The van der Waals surface area contributed by atoms with E-state index in [2.05, 4.69) is 219 Å². The number of rotatable bonds is 5. The second-order valence-corrected chi connectivity index (χ2v) is 16.6. The third-order valence-corrected chi connectivity index (χ3v) is 12.8. The first-order valence-electron chi connectivity index (χ1n) is 19.8. The smallest absolute Gasteiger partial charge is 0.0619 e. The molecule has 9 aromatic rings. The van der Waals surface area contributed by atoms with Gasteiger partial charge in [-0.25, -0.2) is 0 Å². The monoisotopic (exact) mass is 718 g/mol. The summed E-state index contributed by atoms with van der Waals surface area (Å²) in [6, 6.07) is 67.5. The summed E-state index contributed by atoms with van der Waals surface area (Å²) in [6.07, 6.45) is 0. The Morgan fingerprint density at radius 2 is 0.857 bits per heavy atom. The largest absolute Gasteiger partial charge is 0.310 e. The molecule has 2 aliphatic rings. The minimum atomic E-state index is -0.0525. The van der Waals surface area contributed by atoms with Crippen molar-refractivity contribution in [1.82, 2.24) is 4.57 Å². The van der Waals surface area contributed by atoms with Crippen molar-refractivity contribution < 1.29 is 0 Å². The summed E-state index contributed by atoms with van der Waals surface area (Å²) >= 11 is 0. The first kappa shape index (κ1) is 32.8. The summed E-state index contributed by atoms with van der Waals surface area (Å²) in [5.74, 6) is 0. The van der Waals surface area contributed by atoms with Crippen molar-refractivity contribution in [2.24, 2.45) is 0 Å². The lowest BCUT2D eigenvalue weighted by Crippen LogP contribution is -2.16. The van der Waals surface area contributed by atoms with E-state index < -0.39 is 0 Å². The van der Waals surface area contributed by atoms with Gasteiger partial charge in [0.1, 0.15) is 0 Å². The van der Waals surface area contributed by atoms with E-state index in [0.717, 1.165) is 22.7 Å². The second kappa shape index (κ2) is 11.9. The number of nitrogens with zero attached hydrogens (tertiary/aromatic N) is 2. The van der Waals surface area contributed by atoms with Gasteiger partial charge in [0, 0.05) is 49.9 Å². The van der Waals surface area contributed by atoms with Crippen molar-refractivity contribution in [3.63, 3.8) is 0 Å². The first-order valence-corrected chi connectivity index (χ1v) is 19.8. The van der Waals surface area contributed by atoms with Crippen LogP contribution in [0.3, 0.4) is 0 Å². The molecule has 8 aromatic carbocycles. The number of fused-ring (bicyclic) bond motifs is 9. The van der Waals surface area contributed by atoms with Crippen molar-refractivity contribution in [3.8, 4) is 39.1 Å². The zero-order valence-corrected chi connectivity index (χ0v) is 32.2. The van der Waals surface area contributed by atoms with Gasteiger partial charge in [0.25, 0.3) is 0 Å². The quantitative estimate of drug-likeness (QED) is 0.172. The van der Waals surface area contributed by atoms with E-state index in [9.17, 15) is 0 Å². The van der Waals surface area contributed by atoms with Gasteiger partial charge >= 0.3 is 0 Å². The Morgan fingerprint density at radius 1 is 0.375 bits per heavy atom. The van der Waals surface area contributed by atoms with Crippen LogP contribution in [0.4, 0.5) is 17.1 Å². The van der Waals surface area contributed by atoms with Gasteiger partial charge in [-0.2, -0.15) is 0 Å². The summed E-state index contributed by atoms with van der Waals surface area (Å²) in [5, 5.41) is 2.52. The molecule has 0 radical (unpaired) electrons. The third kappa shape index (κ3) is 4.62. The molecule has 11 rings (SSSR count). The van der Waals surface area contributed by atoms with Crippen molar-refractivity contribution in [2.45, 2.75) is 38.5 Å². The van der Waals surface area contributed by atoms with E-state index in [0.29, 0.717) is 0 Å². The van der Waals surface area contributed by atoms with Crippen LogP contribution >= 0.6 is 0 Å². The molecule has 0 atom stereocenters. The van der Waals surface area contributed by atoms with Gasteiger partial charge in [-0.1, -0.05) is 155 Å². The van der Waals surface area contributed by atoms with E-state index in [1.54, 1.807) is 0 Å². The lowest BCUT2D eigenvalue weighted by Gasteiger charge is -2.28. The standard InChI is InChI=1S/C54H42N2/c1-53(2)47-22-11-8-17-41(47)45-33-38(29-31-49(45)53)55(39-30-32-50-46(34-39)42-18-9-12-23-48(42)54(50,3)4)37-27-25-35(26-28-37)40-20-14-21-44-43-19-10-13-24-51(43)56(52(40)44)36-15-6-5-7-16-36/h5-34H,1-4H3. The van der Waals surface area contributed by atoms with Crippen molar-refractivity contribution in [1.29, 1.82) is 0 Å². The molecule has 0 aliphatic heterocycles. The van der Waals surface area contributed by atoms with E-state index in [1.165, 1.54) is 77.4 Å². The third-order valence-electron chi connectivity index (χ3n) is 12.8. The lowest BCUT2D eigenvalue weighted by molar-refractivity contribution is 0.660. The van der Waals surface area contributed by atoms with Crippen LogP contribution in [0.2, 0.25) is 0 Å². The van der Waals surface area contributed by atoms with Crippen LogP contribution in [0, 0.1) is 0 Å². The highest BCUT2D eigenvalue weighted by Crippen LogP contribution is 2.53. The van der Waals surface area contributed by atoms with Crippen molar-refractivity contribution >= 4 is 38.9 Å². The fraction of sp³-hybridized carbons (Fsp3) is 0.111. The van der Waals surface area contributed by atoms with Crippen LogP contribution < -0.4 is 4.90 Å². The zero-order valence-electron chi connectivity index (χ0n) is 32.2. The Kier molecular flexibility index (Phi) is 6.98. The number of hydrogen-bond donors (Lipinski definition) is 0. The Bertz CT molecular complexity index is 2910. The Morgan fingerprint density at radius 3 is 1.48 bits per heavy atom. The van der Waals surface area contributed by atoms with Crippen molar-refractivity contribution in [2.75, 3.05) is 4.90 Å². The Labute approximate surface area is 328 Å². The molecule has 0 saturated heterocycles. The highest BCUT2D eigenvalue weighted by atomic mass is 15.1. The van der Waals surface area contributed by atoms with Crippen LogP contribution in [-0.4, -0.2) is 4.57 Å². The van der Waals surface area contributed by atoms with E-state index >= 15 is 0 Å². The molecule has 1 aromatic heterocycles. The molecule has 56 heavy (non-hydrogen) atoms. The summed E-state index contributed by atoms with van der Waals surface area (Å²) in [5.41, 5.74) is 20.2. The lowest BCUT2D eigenvalue weighted by atomic mass is 9.82. The zero-order chi connectivity index (χ0) is 37.8. The van der Waals surface area contributed by atoms with Gasteiger partial charge in [0.15, 0.2) is 0 Å². The highest BCUT2D eigenvalue weighted by Gasteiger charge is 2.37. The maximum atomic E-state index is 2.45. The molecule has 2 aliphatic carbocycles. The summed E-state index contributed by atoms with van der Waals surface area (Å²) in [6.45, 7) is 9.41. The van der Waals surface area contributed by atoms with Gasteiger partial charge in [0.05, 0.1) is 11.0 Å². The number of para-hydroxylation sites is 3. The van der Waals surface area contributed by atoms with Gasteiger partial charge in [-0.3, -0.25) is 0 Å². The van der Waals surface area contributed by atoms with Gasteiger partial charge in [0.2, 0.25) is 0 Å². The van der Waals surface area contributed by atoms with E-state index in [1.807, 2.05) is 0 Å². The first-order chi connectivity index (χ1) is 27.3. The highest BCUT2D eigenvalue weighted by molar-refractivity contribution is 6.13. The van der Waals surface area contributed by atoms with E-state index in [4.69, 9.17) is 0 Å². The minimum absolute atomic E-state index is 0.0525. The predicted molar refractivity (Wildman–Crippen MR) is 236 cm³/mol. The van der Waals surface area contributed by atoms with Crippen LogP contribution in [0.5, 0.6) is 0 Å². The SMILES string of the molecule is CC1(C)c2ccccc2-c2cc(N(c3ccc(-c4cccc5c6ccccc6n(-c6ccccc6)c45)cc3)c3ccc4c(c3)-c3ccccc3C4(C)C)ccc21. The number of hydrogen-bond acceptors (Lipinski definition) is 1. The van der Waals surface area contributed by atoms with Crippen LogP contribution in [0.15, 0.2) is 182 Å². The fourth-order valence-electron chi connectivity index (χ4n) is 10.0. The molecule has 1 heterocycles. The maximum Gasteiger partial charge on any atom is 0.0619 e. The van der Waals surface area contributed by atoms with Crippen LogP contribution in [-0.2, 0) is 10.8 Å². The number of anilines is 3. The molecule has 0 amide bonds. The number of benzene rings is 8. The van der Waals surface area contributed by atoms with Gasteiger partial charge in [-0.15, -0.1) is 0 Å². The molecule has 0 unspecified atom stereocenters. The maximum absolute atomic E-state index is 2.45. The molecule has 0 N–H and O–H groups in total.